The van der Waals surface area contributed by atoms with Crippen molar-refractivity contribution < 1.29 is 9.53 Å². The van der Waals surface area contributed by atoms with Crippen molar-refractivity contribution in [3.05, 3.63) is 29.7 Å². The standard InChI is InChI=1S/C11H20N6.C5H10O2/c1-9(12)8-17(14)7-3-2-4-10-5-6-11(13)16-15-10;1-5(2,3)7-4-6/h5-6,8H,2-4,7,12,14H2,1H3,(H2,13,16);4H,1-3H3/b9-8-;. The van der Waals surface area contributed by atoms with Gasteiger partial charge >= 0.3 is 0 Å². The Morgan fingerprint density at radius 2 is 1.96 bits per heavy atom. The topological polar surface area (TPSA) is 133 Å². The number of unbranched alkanes of at least 4 members (excludes halogenated alkanes) is 1. The molecule has 1 heterocycles. The lowest BCUT2D eigenvalue weighted by molar-refractivity contribution is -0.138. The van der Waals surface area contributed by atoms with E-state index in [1.807, 2.05) is 33.8 Å². The number of nitrogens with two attached hydrogens (primary N) is 3. The number of ether oxygens (including phenoxy) is 1. The SMILES string of the molecule is C/C(N)=C/N(N)CCCCc1ccc(N)nn1.CC(C)(C)OC=O. The van der Waals surface area contributed by atoms with Gasteiger partial charge in [-0.25, -0.2) is 5.84 Å². The van der Waals surface area contributed by atoms with Crippen LogP contribution in [0.15, 0.2) is 24.0 Å². The zero-order valence-corrected chi connectivity index (χ0v) is 15.0. The summed E-state index contributed by atoms with van der Waals surface area (Å²) in [6, 6.07) is 3.66. The van der Waals surface area contributed by atoms with Crippen molar-refractivity contribution in [3.8, 4) is 0 Å². The molecule has 0 aliphatic heterocycles. The van der Waals surface area contributed by atoms with E-state index in [4.69, 9.17) is 17.3 Å². The molecule has 1 aromatic heterocycles. The van der Waals surface area contributed by atoms with Gasteiger partial charge in [-0.1, -0.05) is 0 Å². The molecular formula is C16H30N6O2. The van der Waals surface area contributed by atoms with Gasteiger partial charge in [0.1, 0.15) is 11.4 Å². The number of nitrogen functional groups attached to an aromatic ring is 1. The largest absolute Gasteiger partial charge is 0.462 e. The summed E-state index contributed by atoms with van der Waals surface area (Å²) < 4.78 is 4.55. The molecule has 0 saturated heterocycles. The number of hydrazine groups is 1. The van der Waals surface area contributed by atoms with Crippen LogP contribution in [-0.2, 0) is 16.0 Å². The number of hydrogen-bond donors (Lipinski definition) is 3. The molecule has 0 unspecified atom stereocenters. The highest BCUT2D eigenvalue weighted by Crippen LogP contribution is 2.03. The summed E-state index contributed by atoms with van der Waals surface area (Å²) in [4.78, 5) is 9.60. The van der Waals surface area contributed by atoms with Crippen molar-refractivity contribution in [2.24, 2.45) is 11.6 Å². The highest BCUT2D eigenvalue weighted by atomic mass is 16.5. The van der Waals surface area contributed by atoms with Crippen molar-refractivity contribution in [2.45, 2.75) is 52.6 Å². The molecule has 0 atom stereocenters. The molecule has 6 N–H and O–H groups in total. The molecule has 1 rings (SSSR count). The van der Waals surface area contributed by atoms with E-state index in [2.05, 4.69) is 14.9 Å². The maximum absolute atomic E-state index is 9.60. The molecule has 8 nitrogen and oxygen atoms in total. The molecule has 0 fully saturated rings. The molecule has 1 aromatic rings. The van der Waals surface area contributed by atoms with E-state index in [0.29, 0.717) is 18.0 Å². The van der Waals surface area contributed by atoms with Crippen molar-refractivity contribution >= 4 is 12.3 Å². The highest BCUT2D eigenvalue weighted by Gasteiger charge is 2.07. The first-order valence-electron chi connectivity index (χ1n) is 7.79. The van der Waals surface area contributed by atoms with Crippen LogP contribution in [0.5, 0.6) is 0 Å². The quantitative estimate of drug-likeness (QED) is 0.293. The van der Waals surface area contributed by atoms with Gasteiger partial charge in [0.2, 0.25) is 0 Å². The number of hydrogen-bond acceptors (Lipinski definition) is 8. The first-order valence-corrected chi connectivity index (χ1v) is 7.79. The minimum atomic E-state index is -0.318. The minimum Gasteiger partial charge on any atom is -0.462 e. The lowest BCUT2D eigenvalue weighted by Gasteiger charge is -2.14. The normalized spacial score (nSPS) is 11.3. The number of aryl methyl sites for hydroxylation is 1. The molecule has 0 radical (unpaired) electrons. The third kappa shape index (κ3) is 13.3. The van der Waals surface area contributed by atoms with Crippen LogP contribution in [0.3, 0.4) is 0 Å². The lowest BCUT2D eigenvalue weighted by atomic mass is 10.2. The van der Waals surface area contributed by atoms with Crippen LogP contribution in [0.1, 0.15) is 46.2 Å². The van der Waals surface area contributed by atoms with Crippen LogP contribution in [-0.4, -0.2) is 33.8 Å². The second kappa shape index (κ2) is 11.2. The fourth-order valence-electron chi connectivity index (χ4n) is 1.57. The molecule has 0 aromatic carbocycles. The van der Waals surface area contributed by atoms with Crippen LogP contribution in [0.4, 0.5) is 5.82 Å². The van der Waals surface area contributed by atoms with Gasteiger partial charge in [-0.05, 0) is 59.1 Å². The van der Waals surface area contributed by atoms with E-state index in [1.165, 1.54) is 0 Å². The fourth-order valence-corrected chi connectivity index (χ4v) is 1.57. The molecule has 0 spiro atoms. The summed E-state index contributed by atoms with van der Waals surface area (Å²) in [5.41, 5.74) is 12.3. The number of carbonyl (C=O) groups is 1. The van der Waals surface area contributed by atoms with Gasteiger partial charge in [-0.3, -0.25) is 4.79 Å². The number of anilines is 1. The summed E-state index contributed by atoms with van der Waals surface area (Å²) in [6.07, 6.45) is 4.59. The predicted molar refractivity (Wildman–Crippen MR) is 95.1 cm³/mol. The Morgan fingerprint density at radius 1 is 1.29 bits per heavy atom. The number of aromatic nitrogens is 2. The summed E-state index contributed by atoms with van der Waals surface area (Å²) in [5.74, 6) is 6.16. The first kappa shape index (κ1) is 21.6. The van der Waals surface area contributed by atoms with Gasteiger partial charge in [0.05, 0.1) is 5.69 Å². The van der Waals surface area contributed by atoms with Gasteiger partial charge in [0.25, 0.3) is 6.47 Å². The maximum Gasteiger partial charge on any atom is 0.293 e. The molecule has 8 heteroatoms. The third-order valence-electron chi connectivity index (χ3n) is 2.61. The molecule has 0 bridgehead atoms. The zero-order chi connectivity index (χ0) is 18.6. The van der Waals surface area contributed by atoms with E-state index in [0.717, 1.165) is 31.5 Å². The zero-order valence-electron chi connectivity index (χ0n) is 15.0. The average Bonchev–Trinajstić information content (AvgIpc) is 2.44. The Hall–Kier alpha value is -2.35. The molecule has 0 aliphatic carbocycles. The Balaban J connectivity index is 0.000000640. The Labute approximate surface area is 144 Å². The van der Waals surface area contributed by atoms with Gasteiger partial charge in [-0.2, -0.15) is 5.10 Å². The molecule has 24 heavy (non-hydrogen) atoms. The van der Waals surface area contributed by atoms with Crippen LogP contribution in [0, 0.1) is 0 Å². The van der Waals surface area contributed by atoms with Crippen LogP contribution < -0.4 is 17.3 Å². The molecule has 136 valence electrons. The van der Waals surface area contributed by atoms with Crippen LogP contribution >= 0.6 is 0 Å². The van der Waals surface area contributed by atoms with Gasteiger partial charge < -0.3 is 21.2 Å². The lowest BCUT2D eigenvalue weighted by Crippen LogP contribution is -2.27. The van der Waals surface area contributed by atoms with Gasteiger partial charge in [-0.15, -0.1) is 5.10 Å². The van der Waals surface area contributed by atoms with E-state index in [-0.39, 0.29) is 5.60 Å². The maximum atomic E-state index is 9.60. The first-order chi connectivity index (χ1) is 11.1. The molecule has 0 aliphatic rings. The van der Waals surface area contributed by atoms with Crippen LogP contribution in [0.2, 0.25) is 0 Å². The number of allylic oxidation sites excluding steroid dienone is 1. The smallest absolute Gasteiger partial charge is 0.293 e. The van der Waals surface area contributed by atoms with E-state index < -0.39 is 0 Å². The number of rotatable bonds is 7. The van der Waals surface area contributed by atoms with E-state index in [9.17, 15) is 4.79 Å². The Bertz CT molecular complexity index is 492. The number of nitrogens with zero attached hydrogens (tertiary/aromatic N) is 3. The van der Waals surface area contributed by atoms with Crippen molar-refractivity contribution in [3.63, 3.8) is 0 Å². The van der Waals surface area contributed by atoms with Crippen molar-refractivity contribution in [1.82, 2.24) is 15.2 Å². The Morgan fingerprint density at radius 3 is 2.38 bits per heavy atom. The third-order valence-corrected chi connectivity index (χ3v) is 2.61. The van der Waals surface area contributed by atoms with Crippen molar-refractivity contribution in [2.75, 3.05) is 12.3 Å². The second-order valence-corrected chi connectivity index (χ2v) is 6.34. The average molecular weight is 338 g/mol. The summed E-state index contributed by atoms with van der Waals surface area (Å²) in [7, 11) is 0. The summed E-state index contributed by atoms with van der Waals surface area (Å²) >= 11 is 0. The van der Waals surface area contributed by atoms with Crippen molar-refractivity contribution in [1.29, 1.82) is 0 Å². The number of carbonyl (C=O) groups excluding carboxylic acids is 1. The monoisotopic (exact) mass is 338 g/mol. The summed E-state index contributed by atoms with van der Waals surface area (Å²) in [6.45, 7) is 8.50. The predicted octanol–water partition coefficient (Wildman–Crippen LogP) is 1.34. The van der Waals surface area contributed by atoms with E-state index in [1.54, 1.807) is 17.3 Å². The van der Waals surface area contributed by atoms with Gasteiger partial charge in [0.15, 0.2) is 0 Å². The molecule has 0 saturated carbocycles. The van der Waals surface area contributed by atoms with Gasteiger partial charge in [0, 0.05) is 18.4 Å². The van der Waals surface area contributed by atoms with Crippen LogP contribution in [0.25, 0.3) is 0 Å². The summed E-state index contributed by atoms with van der Waals surface area (Å²) in [5, 5.41) is 9.39. The molecular weight excluding hydrogens is 308 g/mol. The second-order valence-electron chi connectivity index (χ2n) is 6.34. The Kier molecular flexibility index (Phi) is 10.1. The minimum absolute atomic E-state index is 0.318. The van der Waals surface area contributed by atoms with E-state index >= 15 is 0 Å². The highest BCUT2D eigenvalue weighted by molar-refractivity contribution is 5.37. The molecule has 0 amide bonds. The fraction of sp³-hybridized carbons (Fsp3) is 0.562.